The molecule has 7 nitrogen and oxygen atoms in total. The highest BCUT2D eigenvalue weighted by atomic mass is 16.5. The lowest BCUT2D eigenvalue weighted by Crippen LogP contribution is -2.56. The Labute approximate surface area is 128 Å². The number of carbonyl (C=O) groups excluding carboxylic acids is 1. The van der Waals surface area contributed by atoms with E-state index in [1.54, 1.807) is 19.1 Å². The highest BCUT2D eigenvalue weighted by Gasteiger charge is 2.37. The third-order valence-electron chi connectivity index (χ3n) is 3.57. The molecule has 1 aliphatic rings. The summed E-state index contributed by atoms with van der Waals surface area (Å²) in [6.45, 7) is 3.62. The van der Waals surface area contributed by atoms with Crippen molar-refractivity contribution in [2.24, 2.45) is 5.73 Å². The number of nitrogens with two attached hydrogens (primary N) is 1. The Bertz CT molecular complexity index is 545. The minimum Gasteiger partial charge on any atom is -0.482 e. The van der Waals surface area contributed by atoms with Crippen molar-refractivity contribution in [3.63, 3.8) is 0 Å². The Hall–Kier alpha value is -2.12. The first-order valence-corrected chi connectivity index (χ1v) is 6.99. The summed E-state index contributed by atoms with van der Waals surface area (Å²) < 4.78 is 10.6. The van der Waals surface area contributed by atoms with Crippen molar-refractivity contribution in [2.75, 3.05) is 26.3 Å². The van der Waals surface area contributed by atoms with E-state index < -0.39 is 17.5 Å². The Kier molecular flexibility index (Phi) is 4.99. The summed E-state index contributed by atoms with van der Waals surface area (Å²) >= 11 is 0. The first kappa shape index (κ1) is 16.3. The largest absolute Gasteiger partial charge is 0.482 e. The third kappa shape index (κ3) is 4.19. The molecule has 1 saturated heterocycles. The molecule has 1 unspecified atom stereocenters. The Balaban J connectivity index is 1.93. The molecule has 7 heteroatoms. The molecule has 1 amide bonds. The molecule has 22 heavy (non-hydrogen) atoms. The van der Waals surface area contributed by atoms with Gasteiger partial charge in [-0.3, -0.25) is 9.69 Å². The van der Waals surface area contributed by atoms with Crippen molar-refractivity contribution >= 4 is 11.9 Å². The predicted molar refractivity (Wildman–Crippen MR) is 78.4 cm³/mol. The molecule has 1 aromatic carbocycles. The maximum Gasteiger partial charge on any atom is 0.341 e. The van der Waals surface area contributed by atoms with Crippen LogP contribution in [0.1, 0.15) is 12.5 Å². The van der Waals surface area contributed by atoms with Crippen LogP contribution in [-0.2, 0) is 20.9 Å². The summed E-state index contributed by atoms with van der Waals surface area (Å²) in [5.41, 5.74) is 5.46. The first-order valence-electron chi connectivity index (χ1n) is 6.99. The van der Waals surface area contributed by atoms with Gasteiger partial charge in [-0.15, -0.1) is 0 Å². The highest BCUT2D eigenvalue weighted by molar-refractivity contribution is 5.83. The normalized spacial score (nSPS) is 22.2. The fourth-order valence-corrected chi connectivity index (χ4v) is 2.33. The number of amides is 1. The predicted octanol–water partition coefficient (Wildman–Crippen LogP) is 0.226. The van der Waals surface area contributed by atoms with Gasteiger partial charge in [0.1, 0.15) is 5.75 Å². The molecule has 0 spiro atoms. The summed E-state index contributed by atoms with van der Waals surface area (Å²) in [4.78, 5) is 24.0. The van der Waals surface area contributed by atoms with Gasteiger partial charge in [-0.25, -0.2) is 4.79 Å². The molecule has 0 radical (unpaired) electrons. The van der Waals surface area contributed by atoms with Gasteiger partial charge in [-0.1, -0.05) is 12.1 Å². The van der Waals surface area contributed by atoms with Crippen molar-refractivity contribution in [1.82, 2.24) is 4.90 Å². The van der Waals surface area contributed by atoms with E-state index in [0.29, 0.717) is 25.4 Å². The van der Waals surface area contributed by atoms with E-state index in [4.69, 9.17) is 20.3 Å². The van der Waals surface area contributed by atoms with Crippen LogP contribution in [-0.4, -0.2) is 53.8 Å². The second kappa shape index (κ2) is 6.76. The summed E-state index contributed by atoms with van der Waals surface area (Å²) in [5, 5.41) is 8.56. The maximum atomic E-state index is 11.5. The lowest BCUT2D eigenvalue weighted by Gasteiger charge is -2.38. The zero-order valence-corrected chi connectivity index (χ0v) is 12.4. The van der Waals surface area contributed by atoms with Gasteiger partial charge in [0.15, 0.2) is 12.2 Å². The zero-order valence-electron chi connectivity index (χ0n) is 12.4. The topological polar surface area (TPSA) is 102 Å². The molecule has 1 aliphatic heterocycles. The van der Waals surface area contributed by atoms with E-state index in [1.165, 1.54) is 0 Å². The molecule has 1 aromatic rings. The number of rotatable bonds is 6. The van der Waals surface area contributed by atoms with Gasteiger partial charge in [0.2, 0.25) is 0 Å². The molecule has 0 aliphatic carbocycles. The van der Waals surface area contributed by atoms with E-state index >= 15 is 0 Å². The van der Waals surface area contributed by atoms with Crippen molar-refractivity contribution < 1.29 is 24.2 Å². The van der Waals surface area contributed by atoms with Crippen LogP contribution in [0.5, 0.6) is 5.75 Å². The molecule has 120 valence electrons. The molecule has 2 rings (SSSR count). The van der Waals surface area contributed by atoms with Gasteiger partial charge in [-0.2, -0.15) is 0 Å². The number of hydrogen-bond donors (Lipinski definition) is 2. The Morgan fingerprint density at radius 3 is 2.68 bits per heavy atom. The lowest BCUT2D eigenvalue weighted by atomic mass is 10.0. The van der Waals surface area contributed by atoms with Crippen molar-refractivity contribution in [1.29, 1.82) is 0 Å². The first-order chi connectivity index (χ1) is 10.4. The number of carboxylic acid groups (broad SMARTS) is 1. The van der Waals surface area contributed by atoms with Crippen LogP contribution in [0.4, 0.5) is 0 Å². The molecular formula is C15H20N2O5. The monoisotopic (exact) mass is 308 g/mol. The summed E-state index contributed by atoms with van der Waals surface area (Å²) in [6.07, 6.45) is 0. The Morgan fingerprint density at radius 1 is 1.41 bits per heavy atom. The van der Waals surface area contributed by atoms with Gasteiger partial charge in [0.25, 0.3) is 5.91 Å². The van der Waals surface area contributed by atoms with Crippen LogP contribution in [0.3, 0.4) is 0 Å². The van der Waals surface area contributed by atoms with Crippen molar-refractivity contribution in [3.8, 4) is 5.75 Å². The van der Waals surface area contributed by atoms with Crippen LogP contribution in [0.15, 0.2) is 24.3 Å². The van der Waals surface area contributed by atoms with Crippen LogP contribution in [0.2, 0.25) is 0 Å². The number of carboxylic acids is 1. The number of ether oxygens (including phenoxy) is 2. The number of primary amides is 1. The van der Waals surface area contributed by atoms with Gasteiger partial charge < -0.3 is 20.3 Å². The van der Waals surface area contributed by atoms with E-state index in [1.807, 2.05) is 12.1 Å². The molecule has 0 bridgehead atoms. The molecule has 3 N–H and O–H groups in total. The average Bonchev–Trinajstić information content (AvgIpc) is 2.46. The smallest absolute Gasteiger partial charge is 0.341 e. The lowest BCUT2D eigenvalue weighted by molar-refractivity contribution is -0.153. The second-order valence-electron chi connectivity index (χ2n) is 5.48. The van der Waals surface area contributed by atoms with E-state index in [0.717, 1.165) is 12.1 Å². The minimum atomic E-state index is -1.01. The molecule has 1 fully saturated rings. The maximum absolute atomic E-state index is 11.5. The third-order valence-corrected chi connectivity index (χ3v) is 3.57. The van der Waals surface area contributed by atoms with Crippen molar-refractivity contribution in [3.05, 3.63) is 29.8 Å². The quantitative estimate of drug-likeness (QED) is 0.780. The van der Waals surface area contributed by atoms with Crippen LogP contribution < -0.4 is 10.5 Å². The number of morpholine rings is 1. The zero-order chi connectivity index (χ0) is 16.2. The van der Waals surface area contributed by atoms with Gasteiger partial charge in [-0.05, 0) is 24.6 Å². The van der Waals surface area contributed by atoms with Gasteiger partial charge in [0, 0.05) is 19.6 Å². The van der Waals surface area contributed by atoms with E-state index in [9.17, 15) is 9.59 Å². The van der Waals surface area contributed by atoms with E-state index in [2.05, 4.69) is 4.90 Å². The highest BCUT2D eigenvalue weighted by Crippen LogP contribution is 2.20. The minimum absolute atomic E-state index is 0.361. The SMILES string of the molecule is CC1(C(N)=O)CN(Cc2ccc(OCC(=O)O)cc2)CCO1. The fraction of sp³-hybridized carbons (Fsp3) is 0.467. The number of aliphatic carboxylic acids is 1. The number of carbonyl (C=O) groups is 2. The van der Waals surface area contributed by atoms with Crippen LogP contribution in [0.25, 0.3) is 0 Å². The summed E-state index contributed by atoms with van der Waals surface area (Å²) in [7, 11) is 0. The summed E-state index contributed by atoms with van der Waals surface area (Å²) in [6, 6.07) is 7.19. The van der Waals surface area contributed by atoms with Gasteiger partial charge >= 0.3 is 5.97 Å². The number of hydrogen-bond acceptors (Lipinski definition) is 5. The van der Waals surface area contributed by atoms with E-state index in [-0.39, 0.29) is 6.61 Å². The molecular weight excluding hydrogens is 288 g/mol. The van der Waals surface area contributed by atoms with Crippen LogP contribution in [0, 0.1) is 0 Å². The van der Waals surface area contributed by atoms with Crippen LogP contribution >= 0.6 is 0 Å². The fourth-order valence-electron chi connectivity index (χ4n) is 2.33. The molecule has 0 aromatic heterocycles. The van der Waals surface area contributed by atoms with Gasteiger partial charge in [0.05, 0.1) is 6.61 Å². The number of benzene rings is 1. The molecule has 1 heterocycles. The van der Waals surface area contributed by atoms with Crippen molar-refractivity contribution in [2.45, 2.75) is 19.1 Å². The Morgan fingerprint density at radius 2 is 2.09 bits per heavy atom. The molecule has 0 saturated carbocycles. The average molecular weight is 308 g/mol. The second-order valence-corrected chi connectivity index (χ2v) is 5.48. The number of nitrogens with zero attached hydrogens (tertiary/aromatic N) is 1. The molecule has 1 atom stereocenters. The summed E-state index contributed by atoms with van der Waals surface area (Å²) in [5.74, 6) is -0.965. The standard InChI is InChI=1S/C15H20N2O5/c1-15(14(16)20)10-17(6-7-22-15)8-11-2-4-12(5-3-11)21-9-13(18)19/h2-5H,6-10H2,1H3,(H2,16,20)(H,18,19).